The average Bonchev–Trinajstić information content (AvgIpc) is 3.20. The largest absolute Gasteiger partial charge is 0.508 e. The molecular weight excluding hydrogens is 454 g/mol. The number of sulfonamides is 1. The summed E-state index contributed by atoms with van der Waals surface area (Å²) in [6.45, 7) is 2.32. The zero-order valence-electron chi connectivity index (χ0n) is 20.2. The maximum absolute atomic E-state index is 13.4. The highest BCUT2D eigenvalue weighted by atomic mass is 32.2. The first kappa shape index (κ1) is 22.8. The third-order valence-corrected chi connectivity index (χ3v) is 10.8. The molecule has 5 atom stereocenters. The van der Waals surface area contributed by atoms with Crippen molar-refractivity contribution in [1.29, 1.82) is 0 Å². The molecule has 0 heterocycles. The molecule has 3 aromatic rings. The molecule has 35 heavy (non-hydrogen) atoms. The van der Waals surface area contributed by atoms with Gasteiger partial charge in [0, 0.05) is 6.04 Å². The quantitative estimate of drug-likeness (QED) is 0.456. The number of rotatable bonds is 4. The van der Waals surface area contributed by atoms with E-state index >= 15 is 0 Å². The summed E-state index contributed by atoms with van der Waals surface area (Å²) in [5.74, 6) is 2.00. The summed E-state index contributed by atoms with van der Waals surface area (Å²) < 4.78 is 29.9. The van der Waals surface area contributed by atoms with E-state index in [-0.39, 0.29) is 11.5 Å². The topological polar surface area (TPSA) is 66.4 Å². The van der Waals surface area contributed by atoms with Gasteiger partial charge in [-0.25, -0.2) is 13.1 Å². The minimum absolute atomic E-state index is 0.0212. The number of aromatic hydroxyl groups is 1. The van der Waals surface area contributed by atoms with Gasteiger partial charge in [-0.1, -0.05) is 55.5 Å². The maximum atomic E-state index is 13.4. The second kappa shape index (κ2) is 8.49. The highest BCUT2D eigenvalue weighted by Gasteiger charge is 2.55. The summed E-state index contributed by atoms with van der Waals surface area (Å²) in [5, 5.41) is 9.92. The van der Waals surface area contributed by atoms with E-state index in [1.165, 1.54) is 11.1 Å². The fourth-order valence-corrected chi connectivity index (χ4v) is 8.87. The standard InChI is InChI=1S/C30H33NO3S/c1-30-18-17-26-25-14-10-23(32)19-22(25)9-13-27(26)28(30)15-16-29(30)31-35(33,34)24-11-7-21(8-12-24)20-5-3-2-4-6-20/h2-8,10-12,14,19,26-29,31-32H,9,13,15-18H2,1H3/t26?,27?,28?,29-,30-/m0/s1. The Bertz CT molecular complexity index is 1340. The third-order valence-electron chi connectivity index (χ3n) is 9.28. The van der Waals surface area contributed by atoms with Crippen molar-refractivity contribution in [3.8, 4) is 16.9 Å². The first-order valence-corrected chi connectivity index (χ1v) is 14.3. The number of phenols is 1. The molecule has 5 heteroatoms. The van der Waals surface area contributed by atoms with Gasteiger partial charge in [0.05, 0.1) is 4.90 Å². The van der Waals surface area contributed by atoms with Crippen LogP contribution in [0.25, 0.3) is 11.1 Å². The van der Waals surface area contributed by atoms with Crippen LogP contribution in [0.2, 0.25) is 0 Å². The number of fused-ring (bicyclic) bond motifs is 5. The zero-order chi connectivity index (χ0) is 24.2. The molecule has 3 aliphatic rings. The van der Waals surface area contributed by atoms with Crippen LogP contribution >= 0.6 is 0 Å². The molecule has 0 aromatic heterocycles. The summed E-state index contributed by atoms with van der Waals surface area (Å²) in [4.78, 5) is 0.337. The molecule has 3 unspecified atom stereocenters. The Kier molecular flexibility index (Phi) is 5.53. The molecule has 182 valence electrons. The lowest BCUT2D eigenvalue weighted by molar-refractivity contribution is 0.0462. The van der Waals surface area contributed by atoms with E-state index in [4.69, 9.17) is 0 Å². The molecule has 4 nitrogen and oxygen atoms in total. The average molecular weight is 488 g/mol. The Morgan fingerprint density at radius 2 is 1.63 bits per heavy atom. The van der Waals surface area contributed by atoms with Crippen molar-refractivity contribution >= 4 is 10.0 Å². The molecule has 0 saturated heterocycles. The zero-order valence-corrected chi connectivity index (χ0v) is 21.0. The van der Waals surface area contributed by atoms with Gasteiger partial charge in [0.1, 0.15) is 5.75 Å². The number of phenolic OH excluding ortho intramolecular Hbond substituents is 1. The number of nitrogens with one attached hydrogen (secondary N) is 1. The fourth-order valence-electron chi connectivity index (χ4n) is 7.47. The van der Waals surface area contributed by atoms with Gasteiger partial charge >= 0.3 is 0 Å². The summed E-state index contributed by atoms with van der Waals surface area (Å²) >= 11 is 0. The number of hydrogen-bond acceptors (Lipinski definition) is 3. The second-order valence-corrected chi connectivity index (χ2v) is 12.7. The smallest absolute Gasteiger partial charge is 0.240 e. The molecule has 0 amide bonds. The van der Waals surface area contributed by atoms with E-state index in [9.17, 15) is 13.5 Å². The SMILES string of the molecule is C[C@]12CCC3c4ccc(O)cc4CCC3C1CC[C@@H]2NS(=O)(=O)c1ccc(-c2ccccc2)cc1. The normalized spacial score (nSPS) is 29.7. The van der Waals surface area contributed by atoms with Gasteiger partial charge < -0.3 is 5.11 Å². The molecule has 3 aliphatic carbocycles. The number of benzene rings is 3. The molecule has 2 fully saturated rings. The molecule has 2 N–H and O–H groups in total. The van der Waals surface area contributed by atoms with Crippen LogP contribution in [0, 0.1) is 17.3 Å². The van der Waals surface area contributed by atoms with Gasteiger partial charge in [-0.05, 0) is 108 Å². The lowest BCUT2D eigenvalue weighted by Gasteiger charge is -2.51. The first-order chi connectivity index (χ1) is 16.8. The monoisotopic (exact) mass is 487 g/mol. The predicted octanol–water partition coefficient (Wildman–Crippen LogP) is 6.26. The van der Waals surface area contributed by atoms with Crippen molar-refractivity contribution in [2.24, 2.45) is 17.3 Å². The van der Waals surface area contributed by atoms with Crippen molar-refractivity contribution in [3.05, 3.63) is 83.9 Å². The van der Waals surface area contributed by atoms with Crippen LogP contribution in [0.3, 0.4) is 0 Å². The lowest BCUT2D eigenvalue weighted by Crippen LogP contribution is -2.50. The molecule has 2 saturated carbocycles. The van der Waals surface area contributed by atoms with E-state index in [0.29, 0.717) is 28.4 Å². The minimum Gasteiger partial charge on any atom is -0.508 e. The van der Waals surface area contributed by atoms with Gasteiger partial charge in [0.2, 0.25) is 10.0 Å². The van der Waals surface area contributed by atoms with Crippen molar-refractivity contribution in [2.45, 2.75) is 62.3 Å². The van der Waals surface area contributed by atoms with Gasteiger partial charge in [0.25, 0.3) is 0 Å². The van der Waals surface area contributed by atoms with Gasteiger partial charge in [-0.15, -0.1) is 0 Å². The van der Waals surface area contributed by atoms with Crippen LogP contribution in [0.15, 0.2) is 77.7 Å². The van der Waals surface area contributed by atoms with Crippen LogP contribution in [0.1, 0.15) is 56.1 Å². The van der Waals surface area contributed by atoms with E-state index in [1.807, 2.05) is 54.6 Å². The van der Waals surface area contributed by atoms with Gasteiger partial charge in [-0.3, -0.25) is 0 Å². The third kappa shape index (κ3) is 3.89. The molecular formula is C30H33NO3S. The summed E-state index contributed by atoms with van der Waals surface area (Å²) in [6, 6.07) is 23.1. The Morgan fingerprint density at radius 3 is 2.40 bits per heavy atom. The molecule has 0 bridgehead atoms. The van der Waals surface area contributed by atoms with Crippen LogP contribution in [0.4, 0.5) is 0 Å². The van der Waals surface area contributed by atoms with Crippen LogP contribution in [0.5, 0.6) is 5.75 Å². The Balaban J connectivity index is 1.21. The lowest BCUT2D eigenvalue weighted by atomic mass is 9.55. The van der Waals surface area contributed by atoms with Gasteiger partial charge in [0.15, 0.2) is 0 Å². The summed E-state index contributed by atoms with van der Waals surface area (Å²) in [7, 11) is -3.59. The Morgan fingerprint density at radius 1 is 0.886 bits per heavy atom. The van der Waals surface area contributed by atoms with Crippen LogP contribution in [-0.4, -0.2) is 19.6 Å². The summed E-state index contributed by atoms with van der Waals surface area (Å²) in [6.07, 6.45) is 6.21. The van der Waals surface area contributed by atoms with E-state index < -0.39 is 10.0 Å². The van der Waals surface area contributed by atoms with E-state index in [2.05, 4.69) is 17.7 Å². The molecule has 0 radical (unpaired) electrons. The maximum Gasteiger partial charge on any atom is 0.240 e. The van der Waals surface area contributed by atoms with Crippen LogP contribution < -0.4 is 4.72 Å². The van der Waals surface area contributed by atoms with E-state index in [1.54, 1.807) is 12.1 Å². The van der Waals surface area contributed by atoms with Crippen LogP contribution in [-0.2, 0) is 16.4 Å². The number of aryl methyl sites for hydroxylation is 1. The highest BCUT2D eigenvalue weighted by molar-refractivity contribution is 7.89. The predicted molar refractivity (Wildman–Crippen MR) is 139 cm³/mol. The first-order valence-electron chi connectivity index (χ1n) is 12.8. The van der Waals surface area contributed by atoms with Crippen molar-refractivity contribution < 1.29 is 13.5 Å². The van der Waals surface area contributed by atoms with Crippen molar-refractivity contribution in [2.75, 3.05) is 0 Å². The Hall–Kier alpha value is -2.63. The molecule has 6 rings (SSSR count). The molecule has 0 spiro atoms. The second-order valence-electron chi connectivity index (χ2n) is 11.0. The molecule has 3 aromatic carbocycles. The highest BCUT2D eigenvalue weighted by Crippen LogP contribution is 2.61. The number of hydrogen-bond donors (Lipinski definition) is 2. The minimum atomic E-state index is -3.59. The fraction of sp³-hybridized carbons (Fsp3) is 0.400. The Labute approximate surface area is 208 Å². The summed E-state index contributed by atoms with van der Waals surface area (Å²) in [5.41, 5.74) is 4.78. The van der Waals surface area contributed by atoms with E-state index in [0.717, 1.165) is 49.7 Å². The van der Waals surface area contributed by atoms with Crippen molar-refractivity contribution in [1.82, 2.24) is 4.72 Å². The van der Waals surface area contributed by atoms with Crippen molar-refractivity contribution in [3.63, 3.8) is 0 Å². The molecule has 0 aliphatic heterocycles. The van der Waals surface area contributed by atoms with Gasteiger partial charge in [-0.2, -0.15) is 0 Å².